The fourth-order valence-corrected chi connectivity index (χ4v) is 11.6. The summed E-state index contributed by atoms with van der Waals surface area (Å²) in [4.78, 5) is 24.5. The van der Waals surface area contributed by atoms with Gasteiger partial charge in [-0.15, -0.1) is 0 Å². The Labute approximate surface area is 501 Å². The van der Waals surface area contributed by atoms with Crippen molar-refractivity contribution in [1.82, 2.24) is 5.32 Å². The average molecular weight is 1130 g/mol. The van der Waals surface area contributed by atoms with E-state index < -0.39 is 12.1 Å². The van der Waals surface area contributed by atoms with Gasteiger partial charge in [0.15, 0.2) is 0 Å². The molecule has 6 nitrogen and oxygen atoms in total. The van der Waals surface area contributed by atoms with E-state index in [4.69, 9.17) is 4.74 Å². The van der Waals surface area contributed by atoms with Gasteiger partial charge in [0.1, 0.15) is 0 Å². The molecule has 0 radical (unpaired) electrons. The van der Waals surface area contributed by atoms with Crippen LogP contribution in [-0.4, -0.2) is 47.4 Å². The van der Waals surface area contributed by atoms with Gasteiger partial charge in [-0.05, 0) is 57.8 Å². The number of carbonyl (C=O) groups excluding carboxylic acids is 2. The molecule has 2 unspecified atom stereocenters. The van der Waals surface area contributed by atoms with Crippen LogP contribution in [-0.2, 0) is 14.3 Å². The second-order valence-corrected chi connectivity index (χ2v) is 25.3. The van der Waals surface area contributed by atoms with E-state index in [1.807, 2.05) is 6.08 Å². The average Bonchev–Trinajstić information content (AvgIpc) is 3.46. The smallest absolute Gasteiger partial charge is 0.305 e. The standard InChI is InChI=1S/C74H143NO5/c1-3-5-7-9-11-13-15-17-18-40-43-46-50-54-58-62-66-72(77)71(70-76)75-73(78)67-63-59-55-51-47-44-41-38-36-34-32-30-28-26-24-22-20-19-21-23-25-27-29-31-33-35-37-39-42-45-49-53-57-61-65-69-80-74(79)68-64-60-56-52-48-16-14-12-10-8-6-4-2/h12,14,62,66,71-72,76-77H,3-11,13,15-61,63-65,67-70H2,1-2H3,(H,75,78)/b14-12-,66-62+. The van der Waals surface area contributed by atoms with Crippen LogP contribution in [0.15, 0.2) is 24.3 Å². The van der Waals surface area contributed by atoms with Gasteiger partial charge in [-0.3, -0.25) is 9.59 Å². The van der Waals surface area contributed by atoms with Crippen molar-refractivity contribution in [3.8, 4) is 0 Å². The van der Waals surface area contributed by atoms with Crippen LogP contribution in [0.2, 0.25) is 0 Å². The minimum Gasteiger partial charge on any atom is -0.466 e. The number of nitrogens with one attached hydrogen (secondary N) is 1. The maximum absolute atomic E-state index is 12.5. The summed E-state index contributed by atoms with van der Waals surface area (Å²) in [5.74, 6) is -0.0468. The van der Waals surface area contributed by atoms with Crippen molar-refractivity contribution in [2.24, 2.45) is 0 Å². The lowest BCUT2D eigenvalue weighted by Crippen LogP contribution is -2.45. The third-order valence-electron chi connectivity index (χ3n) is 17.2. The Morgan fingerprint density at radius 1 is 0.338 bits per heavy atom. The fraction of sp³-hybridized carbons (Fsp3) is 0.919. The molecule has 0 saturated heterocycles. The number of carbonyl (C=O) groups is 2. The number of rotatable bonds is 69. The van der Waals surface area contributed by atoms with Crippen molar-refractivity contribution < 1.29 is 24.5 Å². The molecule has 0 aliphatic carbocycles. The first-order valence-electron chi connectivity index (χ1n) is 36.6. The number of hydrogen-bond acceptors (Lipinski definition) is 5. The van der Waals surface area contributed by atoms with Crippen LogP contribution < -0.4 is 5.32 Å². The molecule has 0 aromatic rings. The molecule has 3 N–H and O–H groups in total. The number of esters is 1. The molecule has 1 amide bonds. The number of unbranched alkanes of at least 4 members (excludes halogenated alkanes) is 56. The van der Waals surface area contributed by atoms with Gasteiger partial charge in [0, 0.05) is 12.8 Å². The van der Waals surface area contributed by atoms with Crippen molar-refractivity contribution in [3.05, 3.63) is 24.3 Å². The number of amides is 1. The normalized spacial score (nSPS) is 12.6. The molecule has 474 valence electrons. The van der Waals surface area contributed by atoms with E-state index in [0.29, 0.717) is 19.4 Å². The first-order valence-corrected chi connectivity index (χ1v) is 36.6. The minimum atomic E-state index is -0.840. The number of hydrogen-bond donors (Lipinski definition) is 3. The molecule has 80 heavy (non-hydrogen) atoms. The Bertz CT molecular complexity index is 1250. The summed E-state index contributed by atoms with van der Waals surface area (Å²) >= 11 is 0. The summed E-state index contributed by atoms with van der Waals surface area (Å²) in [5, 5.41) is 23.2. The Morgan fingerprint density at radius 2 is 0.588 bits per heavy atom. The molecule has 0 aromatic carbocycles. The van der Waals surface area contributed by atoms with E-state index in [1.54, 1.807) is 6.08 Å². The minimum absolute atomic E-state index is 0.0127. The molecule has 0 bridgehead atoms. The lowest BCUT2D eigenvalue weighted by molar-refractivity contribution is -0.143. The number of allylic oxidation sites excluding steroid dienone is 3. The first-order chi connectivity index (χ1) is 39.5. The van der Waals surface area contributed by atoms with Gasteiger partial charge in [-0.25, -0.2) is 0 Å². The van der Waals surface area contributed by atoms with Crippen molar-refractivity contribution in [1.29, 1.82) is 0 Å². The third kappa shape index (κ3) is 65.5. The lowest BCUT2D eigenvalue weighted by atomic mass is 10.0. The van der Waals surface area contributed by atoms with E-state index in [-0.39, 0.29) is 18.5 Å². The summed E-state index contributed by atoms with van der Waals surface area (Å²) in [7, 11) is 0. The van der Waals surface area contributed by atoms with Gasteiger partial charge in [-0.2, -0.15) is 0 Å². The van der Waals surface area contributed by atoms with Gasteiger partial charge in [0.25, 0.3) is 0 Å². The SMILES string of the molecule is CCCCC/C=C\CCCCCCCC(=O)OCCCCCCCCCCCCCCCCCCCCCCCCCCCCCCCCCCCCCC(=O)NC(CO)C(O)/C=C/CCCCCCCCCCCCCCCC. The van der Waals surface area contributed by atoms with Crippen LogP contribution in [0, 0.1) is 0 Å². The van der Waals surface area contributed by atoms with Gasteiger partial charge < -0.3 is 20.3 Å². The van der Waals surface area contributed by atoms with Crippen LogP contribution in [0.5, 0.6) is 0 Å². The van der Waals surface area contributed by atoms with Gasteiger partial charge in [-0.1, -0.05) is 366 Å². The highest BCUT2D eigenvalue weighted by Gasteiger charge is 2.18. The van der Waals surface area contributed by atoms with Crippen LogP contribution in [0.4, 0.5) is 0 Å². The highest BCUT2D eigenvalue weighted by molar-refractivity contribution is 5.76. The largest absolute Gasteiger partial charge is 0.466 e. The predicted molar refractivity (Wildman–Crippen MR) is 352 cm³/mol. The zero-order chi connectivity index (χ0) is 57.8. The van der Waals surface area contributed by atoms with E-state index >= 15 is 0 Å². The summed E-state index contributed by atoms with van der Waals surface area (Å²) in [6.07, 6.45) is 88.6. The zero-order valence-corrected chi connectivity index (χ0v) is 54.3. The molecule has 0 rings (SSSR count). The second kappa shape index (κ2) is 69.8. The topological polar surface area (TPSA) is 95.9 Å². The van der Waals surface area contributed by atoms with E-state index in [9.17, 15) is 19.8 Å². The van der Waals surface area contributed by atoms with Gasteiger partial charge >= 0.3 is 5.97 Å². The van der Waals surface area contributed by atoms with Crippen molar-refractivity contribution in [2.45, 2.75) is 424 Å². The Kier molecular flexibility index (Phi) is 68.4. The van der Waals surface area contributed by atoms with Crippen LogP contribution >= 0.6 is 0 Å². The summed E-state index contributed by atoms with van der Waals surface area (Å²) in [6, 6.07) is -0.623. The predicted octanol–water partition coefficient (Wildman–Crippen LogP) is 23.7. The maximum atomic E-state index is 12.5. The summed E-state index contributed by atoms with van der Waals surface area (Å²) < 4.78 is 5.48. The van der Waals surface area contributed by atoms with E-state index in [0.717, 1.165) is 44.9 Å². The van der Waals surface area contributed by atoms with Crippen molar-refractivity contribution >= 4 is 11.9 Å². The lowest BCUT2D eigenvalue weighted by Gasteiger charge is -2.20. The molecular formula is C74H143NO5. The number of aliphatic hydroxyl groups is 2. The quantitative estimate of drug-likeness (QED) is 0.0320. The molecular weight excluding hydrogens is 983 g/mol. The molecule has 0 aliphatic heterocycles. The number of aliphatic hydroxyl groups excluding tert-OH is 2. The monoisotopic (exact) mass is 1130 g/mol. The second-order valence-electron chi connectivity index (χ2n) is 25.3. The van der Waals surface area contributed by atoms with Crippen LogP contribution in [0.25, 0.3) is 0 Å². The Balaban J connectivity index is 3.32. The van der Waals surface area contributed by atoms with E-state index in [2.05, 4.69) is 31.3 Å². The van der Waals surface area contributed by atoms with Crippen molar-refractivity contribution in [3.63, 3.8) is 0 Å². The molecule has 2 atom stereocenters. The molecule has 6 heteroatoms. The first kappa shape index (κ1) is 78.3. The molecule has 0 aliphatic rings. The molecule has 0 spiro atoms. The number of ether oxygens (including phenoxy) is 1. The summed E-state index contributed by atoms with van der Waals surface area (Å²) in [5.41, 5.74) is 0. The van der Waals surface area contributed by atoms with E-state index in [1.165, 1.54) is 340 Å². The Hall–Kier alpha value is -1.66. The van der Waals surface area contributed by atoms with Crippen LogP contribution in [0.1, 0.15) is 412 Å². The van der Waals surface area contributed by atoms with Gasteiger partial charge in [0.05, 0.1) is 25.4 Å². The highest BCUT2D eigenvalue weighted by atomic mass is 16.5. The summed E-state index contributed by atoms with van der Waals surface area (Å²) in [6.45, 7) is 4.92. The van der Waals surface area contributed by atoms with Crippen LogP contribution in [0.3, 0.4) is 0 Å². The third-order valence-corrected chi connectivity index (χ3v) is 17.2. The molecule has 0 saturated carbocycles. The van der Waals surface area contributed by atoms with Crippen molar-refractivity contribution in [2.75, 3.05) is 13.2 Å². The molecule has 0 fully saturated rings. The highest BCUT2D eigenvalue weighted by Crippen LogP contribution is 2.19. The Morgan fingerprint density at radius 3 is 0.912 bits per heavy atom. The molecule has 0 aromatic heterocycles. The zero-order valence-electron chi connectivity index (χ0n) is 54.3. The fourth-order valence-electron chi connectivity index (χ4n) is 11.6. The van der Waals surface area contributed by atoms with Gasteiger partial charge in [0.2, 0.25) is 5.91 Å². The molecule has 0 heterocycles. The maximum Gasteiger partial charge on any atom is 0.305 e.